The van der Waals surface area contributed by atoms with Crippen molar-refractivity contribution in [3.05, 3.63) is 6.20 Å². The third-order valence-electron chi connectivity index (χ3n) is 2.94. The molecule has 1 saturated heterocycles. The standard InChI is InChI=1S/C10H19N5O2S2/c1-14-8-9(10(11)13-14)19(16,17)12-2-3-15-4-6-18-7-5-15/h8,12H,2-7H2,1H3,(H2,11,13). The minimum atomic E-state index is -3.56. The summed E-state index contributed by atoms with van der Waals surface area (Å²) < 4.78 is 28.0. The summed E-state index contributed by atoms with van der Waals surface area (Å²) in [6.45, 7) is 3.14. The maximum absolute atomic E-state index is 12.0. The topological polar surface area (TPSA) is 93.2 Å². The van der Waals surface area contributed by atoms with Crippen LogP contribution in [-0.4, -0.2) is 60.8 Å². The summed E-state index contributed by atoms with van der Waals surface area (Å²) in [6.07, 6.45) is 1.41. The van der Waals surface area contributed by atoms with Gasteiger partial charge in [-0.3, -0.25) is 4.68 Å². The average molecular weight is 305 g/mol. The molecule has 9 heteroatoms. The Morgan fingerprint density at radius 1 is 1.47 bits per heavy atom. The Labute approximate surface area is 117 Å². The second kappa shape index (κ2) is 6.12. The number of rotatable bonds is 5. The van der Waals surface area contributed by atoms with E-state index in [9.17, 15) is 8.42 Å². The lowest BCUT2D eigenvalue weighted by atomic mass is 10.5. The minimum Gasteiger partial charge on any atom is -0.381 e. The van der Waals surface area contributed by atoms with Gasteiger partial charge in [0.15, 0.2) is 5.82 Å². The van der Waals surface area contributed by atoms with Gasteiger partial charge in [0.1, 0.15) is 4.90 Å². The fourth-order valence-corrected chi connectivity index (χ4v) is 4.03. The van der Waals surface area contributed by atoms with E-state index in [2.05, 4.69) is 14.7 Å². The molecule has 0 saturated carbocycles. The number of aromatic nitrogens is 2. The zero-order chi connectivity index (χ0) is 13.9. The van der Waals surface area contributed by atoms with Crippen molar-refractivity contribution < 1.29 is 8.42 Å². The van der Waals surface area contributed by atoms with Crippen LogP contribution in [0.25, 0.3) is 0 Å². The molecule has 1 aliphatic heterocycles. The lowest BCUT2D eigenvalue weighted by Crippen LogP contribution is -2.39. The SMILES string of the molecule is Cn1cc(S(=O)(=O)NCCN2CCSCC2)c(N)n1. The molecule has 2 heterocycles. The fourth-order valence-electron chi connectivity index (χ4n) is 1.93. The van der Waals surface area contributed by atoms with Crippen molar-refractivity contribution >= 4 is 27.6 Å². The van der Waals surface area contributed by atoms with E-state index < -0.39 is 10.0 Å². The van der Waals surface area contributed by atoms with E-state index in [0.717, 1.165) is 31.1 Å². The quantitative estimate of drug-likeness (QED) is 0.749. The van der Waals surface area contributed by atoms with Crippen LogP contribution in [0, 0.1) is 0 Å². The van der Waals surface area contributed by atoms with Crippen molar-refractivity contribution in [2.24, 2.45) is 7.05 Å². The van der Waals surface area contributed by atoms with E-state index in [1.54, 1.807) is 7.05 Å². The van der Waals surface area contributed by atoms with Crippen molar-refractivity contribution in [3.8, 4) is 0 Å². The molecule has 1 aliphatic rings. The molecular formula is C10H19N5O2S2. The Hall–Kier alpha value is -0.770. The van der Waals surface area contributed by atoms with Gasteiger partial charge in [-0.15, -0.1) is 0 Å². The van der Waals surface area contributed by atoms with Crippen LogP contribution in [0.4, 0.5) is 5.82 Å². The summed E-state index contributed by atoms with van der Waals surface area (Å²) in [7, 11) is -1.92. The molecule has 0 bridgehead atoms. The predicted octanol–water partition coefficient (Wildman–Crippen LogP) is -0.671. The summed E-state index contributed by atoms with van der Waals surface area (Å²) in [5, 5.41) is 3.84. The summed E-state index contributed by atoms with van der Waals surface area (Å²) in [5.74, 6) is 2.26. The third kappa shape index (κ3) is 3.85. The van der Waals surface area contributed by atoms with Gasteiger partial charge in [-0.2, -0.15) is 16.9 Å². The minimum absolute atomic E-state index is 0.0318. The van der Waals surface area contributed by atoms with E-state index in [-0.39, 0.29) is 10.7 Å². The van der Waals surface area contributed by atoms with Gasteiger partial charge < -0.3 is 10.6 Å². The Morgan fingerprint density at radius 2 is 2.16 bits per heavy atom. The number of sulfonamides is 1. The molecule has 0 unspecified atom stereocenters. The Bertz CT molecular complexity index is 522. The number of nitrogens with two attached hydrogens (primary N) is 1. The van der Waals surface area contributed by atoms with E-state index in [4.69, 9.17) is 5.73 Å². The predicted molar refractivity (Wildman–Crippen MR) is 76.6 cm³/mol. The fraction of sp³-hybridized carbons (Fsp3) is 0.700. The van der Waals surface area contributed by atoms with Gasteiger partial charge in [-0.05, 0) is 0 Å². The molecular weight excluding hydrogens is 286 g/mol. The maximum atomic E-state index is 12.0. The van der Waals surface area contributed by atoms with Crippen LogP contribution in [0.15, 0.2) is 11.1 Å². The molecule has 2 rings (SSSR count). The number of thioether (sulfide) groups is 1. The molecule has 0 atom stereocenters. The molecule has 0 aromatic carbocycles. The number of nitrogen functional groups attached to an aromatic ring is 1. The molecule has 7 nitrogen and oxygen atoms in total. The number of nitrogens with zero attached hydrogens (tertiary/aromatic N) is 3. The van der Waals surface area contributed by atoms with Gasteiger partial charge in [0, 0.05) is 50.9 Å². The van der Waals surface area contributed by atoms with Gasteiger partial charge in [0.25, 0.3) is 0 Å². The van der Waals surface area contributed by atoms with Crippen LogP contribution < -0.4 is 10.5 Å². The van der Waals surface area contributed by atoms with Gasteiger partial charge in [-0.1, -0.05) is 0 Å². The van der Waals surface area contributed by atoms with Crippen molar-refractivity contribution in [1.29, 1.82) is 0 Å². The molecule has 1 aromatic heterocycles. The van der Waals surface area contributed by atoms with Crippen molar-refractivity contribution in [3.63, 3.8) is 0 Å². The highest BCUT2D eigenvalue weighted by atomic mass is 32.2. The van der Waals surface area contributed by atoms with Gasteiger partial charge in [0.2, 0.25) is 10.0 Å². The summed E-state index contributed by atoms with van der Waals surface area (Å²) in [6, 6.07) is 0. The van der Waals surface area contributed by atoms with Crippen LogP contribution >= 0.6 is 11.8 Å². The first-order valence-electron chi connectivity index (χ1n) is 6.08. The molecule has 108 valence electrons. The maximum Gasteiger partial charge on any atom is 0.245 e. The highest BCUT2D eigenvalue weighted by Crippen LogP contribution is 2.15. The van der Waals surface area contributed by atoms with Crippen molar-refractivity contribution in [1.82, 2.24) is 19.4 Å². The van der Waals surface area contributed by atoms with Gasteiger partial charge >= 0.3 is 0 Å². The van der Waals surface area contributed by atoms with Gasteiger partial charge in [0.05, 0.1) is 0 Å². The van der Waals surface area contributed by atoms with Crippen LogP contribution in [0.2, 0.25) is 0 Å². The normalized spacial score (nSPS) is 17.7. The van der Waals surface area contributed by atoms with Crippen LogP contribution in [0.3, 0.4) is 0 Å². The van der Waals surface area contributed by atoms with E-state index in [1.165, 1.54) is 10.9 Å². The Kier molecular flexibility index (Phi) is 4.71. The number of nitrogens with one attached hydrogen (secondary N) is 1. The first-order valence-corrected chi connectivity index (χ1v) is 8.72. The first kappa shape index (κ1) is 14.6. The zero-order valence-electron chi connectivity index (χ0n) is 10.9. The number of anilines is 1. The lowest BCUT2D eigenvalue weighted by molar-refractivity contribution is 0.307. The number of aryl methyl sites for hydroxylation is 1. The van der Waals surface area contributed by atoms with E-state index in [0.29, 0.717) is 6.54 Å². The molecule has 3 N–H and O–H groups in total. The zero-order valence-corrected chi connectivity index (χ0v) is 12.5. The lowest BCUT2D eigenvalue weighted by Gasteiger charge is -2.25. The Morgan fingerprint density at radius 3 is 2.74 bits per heavy atom. The average Bonchev–Trinajstić information content (AvgIpc) is 2.70. The smallest absolute Gasteiger partial charge is 0.245 e. The molecule has 1 fully saturated rings. The molecule has 0 spiro atoms. The van der Waals surface area contributed by atoms with Crippen molar-refractivity contribution in [2.45, 2.75) is 4.90 Å². The second-order valence-electron chi connectivity index (χ2n) is 4.40. The van der Waals surface area contributed by atoms with Gasteiger partial charge in [-0.25, -0.2) is 13.1 Å². The van der Waals surface area contributed by atoms with Crippen LogP contribution in [0.5, 0.6) is 0 Å². The highest BCUT2D eigenvalue weighted by Gasteiger charge is 2.20. The highest BCUT2D eigenvalue weighted by molar-refractivity contribution is 7.99. The first-order chi connectivity index (χ1) is 8.99. The largest absolute Gasteiger partial charge is 0.381 e. The van der Waals surface area contributed by atoms with E-state index in [1.807, 2.05) is 11.8 Å². The molecule has 0 radical (unpaired) electrons. The second-order valence-corrected chi connectivity index (χ2v) is 7.36. The van der Waals surface area contributed by atoms with E-state index >= 15 is 0 Å². The summed E-state index contributed by atoms with van der Waals surface area (Å²) in [5.41, 5.74) is 5.58. The molecule has 0 aliphatic carbocycles. The van der Waals surface area contributed by atoms with Crippen LogP contribution in [0.1, 0.15) is 0 Å². The molecule has 1 aromatic rings. The van der Waals surface area contributed by atoms with Crippen LogP contribution in [-0.2, 0) is 17.1 Å². The molecule has 19 heavy (non-hydrogen) atoms. The van der Waals surface area contributed by atoms with Crippen molar-refractivity contribution in [2.75, 3.05) is 43.4 Å². The Balaban J connectivity index is 1.89. The monoisotopic (exact) mass is 305 g/mol. The number of hydrogen-bond acceptors (Lipinski definition) is 6. The third-order valence-corrected chi connectivity index (χ3v) is 5.36. The number of hydrogen-bond donors (Lipinski definition) is 2. The summed E-state index contributed by atoms with van der Waals surface area (Å²) >= 11 is 1.93. The molecule has 0 amide bonds. The summed E-state index contributed by atoms with van der Waals surface area (Å²) in [4.78, 5) is 2.30.